The molecule has 1 aromatic carbocycles. The van der Waals surface area contributed by atoms with Gasteiger partial charge in [0.1, 0.15) is 28.6 Å². The van der Waals surface area contributed by atoms with Gasteiger partial charge in [0.2, 0.25) is 0 Å². The van der Waals surface area contributed by atoms with E-state index in [4.69, 9.17) is 14.2 Å². The van der Waals surface area contributed by atoms with Gasteiger partial charge in [0.25, 0.3) is 0 Å². The van der Waals surface area contributed by atoms with Crippen molar-refractivity contribution in [2.75, 3.05) is 13.2 Å². The minimum atomic E-state index is -0.540. The van der Waals surface area contributed by atoms with Crippen LogP contribution in [0.5, 0.6) is 5.75 Å². The SMILES string of the molecule is Cc1cnc(-c2cc(C#N)cc(O[C@@H]3CC[C@H]4[C@H]3OCCN4C(=O)OC(C)(C)C)c2)s1. The molecule has 1 aliphatic carbocycles. The number of hydrogen-bond acceptors (Lipinski definition) is 7. The predicted octanol–water partition coefficient (Wildman–Crippen LogP) is 4.54. The Balaban J connectivity index is 1.52. The average Bonchev–Trinajstić information content (AvgIpc) is 3.33. The van der Waals surface area contributed by atoms with Crippen molar-refractivity contribution in [2.24, 2.45) is 0 Å². The Morgan fingerprint density at radius 3 is 2.81 bits per heavy atom. The Morgan fingerprint density at radius 2 is 2.13 bits per heavy atom. The zero-order chi connectivity index (χ0) is 22.2. The fourth-order valence-electron chi connectivity index (χ4n) is 4.11. The number of hydrogen-bond donors (Lipinski definition) is 0. The maximum Gasteiger partial charge on any atom is 0.410 e. The number of benzene rings is 1. The van der Waals surface area contributed by atoms with Crippen LogP contribution in [0.2, 0.25) is 0 Å². The van der Waals surface area contributed by atoms with Crippen molar-refractivity contribution in [1.82, 2.24) is 9.88 Å². The molecule has 2 aliphatic rings. The largest absolute Gasteiger partial charge is 0.488 e. The number of aromatic nitrogens is 1. The molecule has 3 atom stereocenters. The fraction of sp³-hybridized carbons (Fsp3) is 0.522. The Kier molecular flexibility index (Phi) is 5.91. The predicted molar refractivity (Wildman–Crippen MR) is 117 cm³/mol. The molecule has 4 rings (SSSR count). The molecule has 0 radical (unpaired) electrons. The standard InChI is InChI=1S/C23H27N3O4S/c1-14-13-25-21(31-14)16-9-15(12-24)10-17(11-16)29-19-6-5-18-20(19)28-8-7-26(18)22(27)30-23(2,3)4/h9-11,13,18-20H,5-8H2,1-4H3/t18-,19+,20+/m0/s1. The lowest BCUT2D eigenvalue weighted by Gasteiger charge is -2.39. The smallest absolute Gasteiger partial charge is 0.410 e. The summed E-state index contributed by atoms with van der Waals surface area (Å²) in [6.45, 7) is 8.57. The van der Waals surface area contributed by atoms with E-state index in [9.17, 15) is 10.1 Å². The van der Waals surface area contributed by atoms with E-state index in [1.165, 1.54) is 0 Å². The van der Waals surface area contributed by atoms with E-state index in [0.717, 1.165) is 28.3 Å². The fourth-order valence-corrected chi connectivity index (χ4v) is 4.86. The number of thiazole rings is 1. The number of nitriles is 1. The maximum atomic E-state index is 12.7. The van der Waals surface area contributed by atoms with Gasteiger partial charge in [-0.25, -0.2) is 9.78 Å². The normalized spacial score (nSPS) is 23.2. The number of carbonyl (C=O) groups excluding carboxylic acids is 1. The second-order valence-electron chi connectivity index (χ2n) is 8.94. The van der Waals surface area contributed by atoms with Crippen LogP contribution in [0.3, 0.4) is 0 Å². The van der Waals surface area contributed by atoms with E-state index in [1.807, 2.05) is 46.0 Å². The first-order chi connectivity index (χ1) is 14.7. The number of morpholine rings is 1. The lowest BCUT2D eigenvalue weighted by molar-refractivity contribution is -0.0902. The number of carbonyl (C=O) groups is 1. The molecule has 0 spiro atoms. The Morgan fingerprint density at radius 1 is 1.32 bits per heavy atom. The summed E-state index contributed by atoms with van der Waals surface area (Å²) < 4.78 is 17.9. The van der Waals surface area contributed by atoms with Crippen LogP contribution in [0.25, 0.3) is 10.6 Å². The molecule has 1 saturated heterocycles. The molecule has 1 aromatic heterocycles. The quantitative estimate of drug-likeness (QED) is 0.695. The molecular formula is C23H27N3O4S. The van der Waals surface area contributed by atoms with E-state index in [1.54, 1.807) is 22.3 Å². The van der Waals surface area contributed by atoms with Crippen LogP contribution in [-0.4, -0.2) is 53.0 Å². The van der Waals surface area contributed by atoms with Crippen LogP contribution >= 0.6 is 11.3 Å². The summed E-state index contributed by atoms with van der Waals surface area (Å²) in [5, 5.41) is 10.3. The molecule has 7 nitrogen and oxygen atoms in total. The Bertz CT molecular complexity index is 1010. The van der Waals surface area contributed by atoms with E-state index >= 15 is 0 Å². The van der Waals surface area contributed by atoms with Crippen LogP contribution in [0.1, 0.15) is 44.1 Å². The van der Waals surface area contributed by atoms with E-state index in [-0.39, 0.29) is 24.3 Å². The summed E-state index contributed by atoms with van der Waals surface area (Å²) >= 11 is 1.58. The van der Waals surface area contributed by atoms with Gasteiger partial charge in [-0.3, -0.25) is 0 Å². The number of ether oxygens (including phenoxy) is 3. The lowest BCUT2D eigenvalue weighted by Crippen LogP contribution is -2.55. The van der Waals surface area contributed by atoms with Crippen molar-refractivity contribution in [2.45, 2.75) is 64.4 Å². The van der Waals surface area contributed by atoms with E-state index in [2.05, 4.69) is 11.1 Å². The maximum absolute atomic E-state index is 12.7. The third-order valence-electron chi connectivity index (χ3n) is 5.35. The second-order valence-corrected chi connectivity index (χ2v) is 10.2. The minimum absolute atomic E-state index is 0.0752. The Hall–Kier alpha value is -2.63. The second kappa shape index (κ2) is 8.48. The van der Waals surface area contributed by atoms with Gasteiger partial charge in [0.05, 0.1) is 24.3 Å². The molecule has 1 saturated carbocycles. The Labute approximate surface area is 186 Å². The van der Waals surface area contributed by atoms with Crippen LogP contribution in [0, 0.1) is 18.3 Å². The van der Waals surface area contributed by atoms with Gasteiger partial charge in [0.15, 0.2) is 0 Å². The molecule has 2 heterocycles. The van der Waals surface area contributed by atoms with E-state index in [0.29, 0.717) is 24.5 Å². The third-order valence-corrected chi connectivity index (χ3v) is 6.32. The van der Waals surface area contributed by atoms with Gasteiger partial charge >= 0.3 is 6.09 Å². The number of aryl methyl sites for hydroxylation is 1. The van der Waals surface area contributed by atoms with Crippen molar-refractivity contribution in [3.8, 4) is 22.4 Å². The summed E-state index contributed by atoms with van der Waals surface area (Å²) in [6, 6.07) is 7.61. The van der Waals surface area contributed by atoms with Crippen molar-refractivity contribution >= 4 is 17.4 Å². The molecule has 8 heteroatoms. The van der Waals surface area contributed by atoms with Gasteiger partial charge in [0, 0.05) is 23.2 Å². The molecule has 2 aromatic rings. The summed E-state index contributed by atoms with van der Waals surface area (Å²) in [4.78, 5) is 20.0. The number of amides is 1. The third kappa shape index (κ3) is 4.83. The molecular weight excluding hydrogens is 414 g/mol. The minimum Gasteiger partial charge on any atom is -0.488 e. The number of rotatable bonds is 3. The molecule has 1 aliphatic heterocycles. The highest BCUT2D eigenvalue weighted by Crippen LogP contribution is 2.35. The number of nitrogens with zero attached hydrogens (tertiary/aromatic N) is 3. The van der Waals surface area contributed by atoms with Gasteiger partial charge < -0.3 is 19.1 Å². The van der Waals surface area contributed by atoms with Gasteiger partial charge in [-0.1, -0.05) is 0 Å². The van der Waals surface area contributed by atoms with Crippen LogP contribution in [0.15, 0.2) is 24.4 Å². The first-order valence-electron chi connectivity index (χ1n) is 10.5. The molecule has 1 amide bonds. The van der Waals surface area contributed by atoms with Crippen molar-refractivity contribution < 1.29 is 19.0 Å². The van der Waals surface area contributed by atoms with Gasteiger partial charge in [-0.15, -0.1) is 11.3 Å². The lowest BCUT2D eigenvalue weighted by atomic mass is 10.1. The topological polar surface area (TPSA) is 84.7 Å². The van der Waals surface area contributed by atoms with Crippen molar-refractivity contribution in [3.05, 3.63) is 34.8 Å². The summed E-state index contributed by atoms with van der Waals surface area (Å²) in [5.41, 5.74) is 0.846. The van der Waals surface area contributed by atoms with Crippen LogP contribution in [0.4, 0.5) is 4.79 Å². The number of fused-ring (bicyclic) bond motifs is 1. The van der Waals surface area contributed by atoms with Gasteiger partial charge in [-0.05, 0) is 58.7 Å². The van der Waals surface area contributed by atoms with Crippen molar-refractivity contribution in [1.29, 1.82) is 5.26 Å². The average molecular weight is 442 g/mol. The van der Waals surface area contributed by atoms with E-state index < -0.39 is 5.60 Å². The van der Waals surface area contributed by atoms with Crippen LogP contribution < -0.4 is 4.74 Å². The molecule has 164 valence electrons. The molecule has 0 bridgehead atoms. The summed E-state index contributed by atoms with van der Waals surface area (Å²) in [6.07, 6.45) is 2.64. The first kappa shape index (κ1) is 21.6. The monoisotopic (exact) mass is 441 g/mol. The highest BCUT2D eigenvalue weighted by Gasteiger charge is 2.46. The summed E-state index contributed by atoms with van der Waals surface area (Å²) in [7, 11) is 0. The van der Waals surface area contributed by atoms with Crippen molar-refractivity contribution in [3.63, 3.8) is 0 Å². The molecule has 0 N–H and O–H groups in total. The molecule has 31 heavy (non-hydrogen) atoms. The summed E-state index contributed by atoms with van der Waals surface area (Å²) in [5.74, 6) is 0.616. The highest BCUT2D eigenvalue weighted by molar-refractivity contribution is 7.14. The zero-order valence-electron chi connectivity index (χ0n) is 18.3. The molecule has 0 unspecified atom stereocenters. The first-order valence-corrected chi connectivity index (χ1v) is 11.3. The van der Waals surface area contributed by atoms with Crippen LogP contribution in [-0.2, 0) is 9.47 Å². The van der Waals surface area contributed by atoms with Gasteiger partial charge in [-0.2, -0.15) is 5.26 Å². The molecule has 2 fully saturated rings. The highest BCUT2D eigenvalue weighted by atomic mass is 32.1. The zero-order valence-corrected chi connectivity index (χ0v) is 19.1.